The minimum Gasteiger partial charge on any atom is -0.377 e. The molecule has 1 aliphatic heterocycles. The third kappa shape index (κ3) is 3.23. The van der Waals surface area contributed by atoms with Crippen molar-refractivity contribution >= 4 is 0 Å². The molecule has 0 radical (unpaired) electrons. The van der Waals surface area contributed by atoms with E-state index >= 15 is 0 Å². The molecule has 7 heteroatoms. The second kappa shape index (κ2) is 5.27. The van der Waals surface area contributed by atoms with E-state index in [1.807, 2.05) is 0 Å². The van der Waals surface area contributed by atoms with Crippen molar-refractivity contribution in [1.82, 2.24) is 15.1 Å². The Labute approximate surface area is 103 Å². The maximum absolute atomic E-state index is 12.7. The van der Waals surface area contributed by atoms with Gasteiger partial charge in [0, 0.05) is 38.5 Å². The van der Waals surface area contributed by atoms with Gasteiger partial charge in [0.05, 0.1) is 6.10 Å². The van der Waals surface area contributed by atoms with Gasteiger partial charge in [-0.2, -0.15) is 18.3 Å². The van der Waals surface area contributed by atoms with Crippen LogP contribution in [0.3, 0.4) is 0 Å². The fourth-order valence-corrected chi connectivity index (χ4v) is 2.08. The quantitative estimate of drug-likeness (QED) is 0.898. The molecule has 1 aromatic heterocycles. The van der Waals surface area contributed by atoms with Crippen molar-refractivity contribution < 1.29 is 17.9 Å². The van der Waals surface area contributed by atoms with E-state index in [9.17, 15) is 13.2 Å². The fraction of sp³-hybridized carbons (Fsp3) is 0.727. The summed E-state index contributed by atoms with van der Waals surface area (Å²) in [5.74, 6) is 0. The Balaban J connectivity index is 1.92. The Morgan fingerprint density at radius 2 is 2.33 bits per heavy atom. The Morgan fingerprint density at radius 1 is 1.56 bits per heavy atom. The lowest BCUT2D eigenvalue weighted by atomic mass is 10.2. The molecule has 1 N–H and O–H groups in total. The molecule has 102 valence electrons. The number of alkyl halides is 3. The average Bonchev–Trinajstić information content (AvgIpc) is 2.87. The van der Waals surface area contributed by atoms with E-state index in [4.69, 9.17) is 4.74 Å². The molecule has 18 heavy (non-hydrogen) atoms. The van der Waals surface area contributed by atoms with Crippen molar-refractivity contribution in [1.29, 1.82) is 0 Å². The zero-order chi connectivity index (χ0) is 13.2. The summed E-state index contributed by atoms with van der Waals surface area (Å²) in [6, 6.07) is 0. The highest BCUT2D eigenvalue weighted by molar-refractivity contribution is 5.19. The molecule has 0 aromatic carbocycles. The van der Waals surface area contributed by atoms with E-state index in [1.54, 1.807) is 0 Å². The van der Waals surface area contributed by atoms with Gasteiger partial charge in [0.15, 0.2) is 5.69 Å². The summed E-state index contributed by atoms with van der Waals surface area (Å²) in [4.78, 5) is 0. The molecule has 1 fully saturated rings. The van der Waals surface area contributed by atoms with Gasteiger partial charge in [0.2, 0.25) is 0 Å². The van der Waals surface area contributed by atoms with Crippen LogP contribution in [0.5, 0.6) is 0 Å². The van der Waals surface area contributed by atoms with Gasteiger partial charge in [0.1, 0.15) is 0 Å². The monoisotopic (exact) mass is 263 g/mol. The van der Waals surface area contributed by atoms with E-state index in [0.717, 1.165) is 19.4 Å². The zero-order valence-corrected chi connectivity index (χ0v) is 10.1. The lowest BCUT2D eigenvalue weighted by Crippen LogP contribution is -2.26. The first-order chi connectivity index (χ1) is 8.47. The van der Waals surface area contributed by atoms with Gasteiger partial charge in [0.25, 0.3) is 0 Å². The molecule has 0 spiro atoms. The van der Waals surface area contributed by atoms with Gasteiger partial charge in [-0.15, -0.1) is 0 Å². The number of ether oxygens (including phenoxy) is 1. The van der Waals surface area contributed by atoms with Crippen LogP contribution < -0.4 is 5.32 Å². The molecule has 0 saturated carbocycles. The Morgan fingerprint density at radius 3 is 2.94 bits per heavy atom. The van der Waals surface area contributed by atoms with Crippen LogP contribution in [-0.4, -0.2) is 29.0 Å². The van der Waals surface area contributed by atoms with E-state index in [2.05, 4.69) is 10.4 Å². The Hall–Kier alpha value is -1.08. The predicted octanol–water partition coefficient (Wildman–Crippen LogP) is 1.71. The number of halogens is 3. The molecule has 1 atom stereocenters. The van der Waals surface area contributed by atoms with Crippen molar-refractivity contribution in [2.24, 2.45) is 7.05 Å². The number of nitrogens with one attached hydrogen (secondary N) is 1. The Bertz CT molecular complexity index is 397. The van der Waals surface area contributed by atoms with Crippen LogP contribution >= 0.6 is 0 Å². The van der Waals surface area contributed by atoms with Crippen molar-refractivity contribution in [3.05, 3.63) is 17.5 Å². The van der Waals surface area contributed by atoms with E-state index in [1.165, 1.54) is 17.9 Å². The first-order valence-corrected chi connectivity index (χ1v) is 5.89. The predicted molar refractivity (Wildman–Crippen MR) is 58.9 cm³/mol. The Kier molecular flexibility index (Phi) is 3.91. The highest BCUT2D eigenvalue weighted by Crippen LogP contribution is 2.30. The number of aromatic nitrogens is 2. The number of aryl methyl sites for hydroxylation is 1. The minimum atomic E-state index is -4.40. The molecule has 2 heterocycles. The van der Waals surface area contributed by atoms with Gasteiger partial charge in [-0.05, 0) is 12.8 Å². The summed E-state index contributed by atoms with van der Waals surface area (Å²) in [5.41, 5.74) is -0.646. The van der Waals surface area contributed by atoms with Crippen molar-refractivity contribution in [3.63, 3.8) is 0 Å². The van der Waals surface area contributed by atoms with Crippen LogP contribution in [0.25, 0.3) is 0 Å². The van der Waals surface area contributed by atoms with Crippen molar-refractivity contribution in [2.45, 2.75) is 31.7 Å². The molecule has 1 unspecified atom stereocenters. The van der Waals surface area contributed by atoms with Crippen LogP contribution in [0.15, 0.2) is 6.20 Å². The molecular weight excluding hydrogens is 247 g/mol. The van der Waals surface area contributed by atoms with Gasteiger partial charge >= 0.3 is 6.18 Å². The summed E-state index contributed by atoms with van der Waals surface area (Å²) in [7, 11) is 1.48. The zero-order valence-electron chi connectivity index (χ0n) is 10.1. The fourth-order valence-electron chi connectivity index (χ4n) is 2.08. The standard InChI is InChI=1S/C11H16F3N3O/c1-17-7-8(10(16-17)11(12,13)14)5-15-6-9-3-2-4-18-9/h7,9,15H,2-6H2,1H3. The lowest BCUT2D eigenvalue weighted by Gasteiger charge is -2.11. The highest BCUT2D eigenvalue weighted by Gasteiger charge is 2.36. The van der Waals surface area contributed by atoms with Crippen LogP contribution in [0.4, 0.5) is 13.2 Å². The van der Waals surface area contributed by atoms with Gasteiger partial charge in [-0.1, -0.05) is 0 Å². The largest absolute Gasteiger partial charge is 0.435 e. The summed E-state index contributed by atoms with van der Waals surface area (Å²) in [6.07, 6.45) is -0.900. The number of nitrogens with zero attached hydrogens (tertiary/aromatic N) is 2. The van der Waals surface area contributed by atoms with Crippen molar-refractivity contribution in [3.8, 4) is 0 Å². The summed E-state index contributed by atoms with van der Waals surface area (Å²) in [5, 5.41) is 6.44. The summed E-state index contributed by atoms with van der Waals surface area (Å²) in [6.45, 7) is 1.47. The molecule has 1 aromatic rings. The van der Waals surface area contributed by atoms with Crippen LogP contribution in [0.1, 0.15) is 24.1 Å². The molecule has 2 rings (SSSR count). The van der Waals surface area contributed by atoms with Gasteiger partial charge in [-0.25, -0.2) is 0 Å². The van der Waals surface area contributed by atoms with Gasteiger partial charge in [-0.3, -0.25) is 4.68 Å². The minimum absolute atomic E-state index is 0.121. The second-order valence-corrected chi connectivity index (χ2v) is 4.44. The number of hydrogen-bond donors (Lipinski definition) is 1. The smallest absolute Gasteiger partial charge is 0.377 e. The summed E-state index contributed by atoms with van der Waals surface area (Å²) >= 11 is 0. The third-order valence-corrected chi connectivity index (χ3v) is 2.88. The first kappa shape index (κ1) is 13.4. The molecule has 1 aliphatic rings. The average molecular weight is 263 g/mol. The topological polar surface area (TPSA) is 39.1 Å². The normalized spacial score (nSPS) is 20.6. The first-order valence-electron chi connectivity index (χ1n) is 5.89. The van der Waals surface area contributed by atoms with E-state index in [0.29, 0.717) is 6.54 Å². The van der Waals surface area contributed by atoms with E-state index < -0.39 is 11.9 Å². The lowest BCUT2D eigenvalue weighted by molar-refractivity contribution is -0.142. The molecule has 1 saturated heterocycles. The number of rotatable bonds is 4. The second-order valence-electron chi connectivity index (χ2n) is 4.44. The highest BCUT2D eigenvalue weighted by atomic mass is 19.4. The van der Waals surface area contributed by atoms with Crippen molar-refractivity contribution in [2.75, 3.05) is 13.2 Å². The maximum Gasteiger partial charge on any atom is 0.435 e. The maximum atomic E-state index is 12.7. The SMILES string of the molecule is Cn1cc(CNCC2CCCO2)c(C(F)(F)F)n1. The third-order valence-electron chi connectivity index (χ3n) is 2.88. The summed E-state index contributed by atoms with van der Waals surface area (Å²) < 4.78 is 44.6. The molecule has 0 aliphatic carbocycles. The molecule has 0 amide bonds. The number of hydrogen-bond acceptors (Lipinski definition) is 3. The van der Waals surface area contributed by atoms with Gasteiger partial charge < -0.3 is 10.1 Å². The van der Waals surface area contributed by atoms with E-state index in [-0.39, 0.29) is 18.2 Å². The molecular formula is C11H16F3N3O. The molecule has 0 bridgehead atoms. The molecule has 4 nitrogen and oxygen atoms in total. The van der Waals surface area contributed by atoms with Crippen LogP contribution in [0, 0.1) is 0 Å². The van der Waals surface area contributed by atoms with Crippen LogP contribution in [0.2, 0.25) is 0 Å². The van der Waals surface area contributed by atoms with Crippen LogP contribution in [-0.2, 0) is 24.5 Å².